The Hall–Kier alpha value is -1.41. The van der Waals surface area contributed by atoms with E-state index in [1.807, 2.05) is 25.1 Å². The Kier molecular flexibility index (Phi) is 2.46. The maximum absolute atomic E-state index is 10.7. The van der Waals surface area contributed by atoms with Crippen LogP contribution in [0.2, 0.25) is 0 Å². The van der Waals surface area contributed by atoms with Gasteiger partial charge in [0, 0.05) is 4.88 Å². The van der Waals surface area contributed by atoms with E-state index in [1.165, 1.54) is 5.56 Å². The van der Waals surface area contributed by atoms with E-state index >= 15 is 0 Å². The summed E-state index contributed by atoms with van der Waals surface area (Å²) in [5.74, 6) is 0. The number of hydrogen-bond donors (Lipinski definition) is 0. The summed E-state index contributed by atoms with van der Waals surface area (Å²) < 4.78 is 0. The van der Waals surface area contributed by atoms with Gasteiger partial charge in [0.1, 0.15) is 0 Å². The van der Waals surface area contributed by atoms with Crippen LogP contribution in [-0.4, -0.2) is 6.29 Å². The van der Waals surface area contributed by atoms with E-state index in [1.54, 1.807) is 11.3 Å². The van der Waals surface area contributed by atoms with Crippen molar-refractivity contribution in [1.29, 1.82) is 0 Å². The lowest BCUT2D eigenvalue weighted by Crippen LogP contribution is -1.72. The third-order valence-electron chi connectivity index (χ3n) is 2.12. The first-order valence-corrected chi connectivity index (χ1v) is 5.24. The van der Waals surface area contributed by atoms with Crippen LogP contribution in [0.4, 0.5) is 0 Å². The van der Waals surface area contributed by atoms with Gasteiger partial charge in [-0.25, -0.2) is 0 Å². The fourth-order valence-corrected chi connectivity index (χ4v) is 2.35. The molecule has 2 aromatic rings. The summed E-state index contributed by atoms with van der Waals surface area (Å²) in [4.78, 5) is 12.7. The lowest BCUT2D eigenvalue weighted by Gasteiger charge is -1.93. The van der Waals surface area contributed by atoms with E-state index in [2.05, 4.69) is 18.2 Å². The fourth-order valence-electron chi connectivity index (χ4n) is 1.36. The van der Waals surface area contributed by atoms with Crippen molar-refractivity contribution in [3.63, 3.8) is 0 Å². The molecule has 0 aliphatic rings. The molecular weight excluding hydrogens is 192 g/mol. The average Bonchev–Trinajstić information content (AvgIpc) is 2.61. The number of rotatable bonds is 2. The highest BCUT2D eigenvalue weighted by Gasteiger charge is 2.05. The zero-order chi connectivity index (χ0) is 9.97. The van der Waals surface area contributed by atoms with Crippen LogP contribution in [0.25, 0.3) is 10.4 Å². The van der Waals surface area contributed by atoms with Gasteiger partial charge in [-0.05, 0) is 24.1 Å². The van der Waals surface area contributed by atoms with Gasteiger partial charge in [-0.3, -0.25) is 4.79 Å². The van der Waals surface area contributed by atoms with Crippen LogP contribution in [-0.2, 0) is 0 Å². The van der Waals surface area contributed by atoms with Crippen molar-refractivity contribution in [2.24, 2.45) is 0 Å². The van der Waals surface area contributed by atoms with Gasteiger partial charge in [0.15, 0.2) is 6.29 Å². The van der Waals surface area contributed by atoms with Gasteiger partial charge in [0.25, 0.3) is 0 Å². The first kappa shape index (κ1) is 9.16. The molecule has 70 valence electrons. The van der Waals surface area contributed by atoms with E-state index in [-0.39, 0.29) is 0 Å². The second kappa shape index (κ2) is 3.76. The number of carbonyl (C=O) groups is 1. The van der Waals surface area contributed by atoms with Gasteiger partial charge in [0.05, 0.1) is 4.88 Å². The van der Waals surface area contributed by atoms with Gasteiger partial charge in [-0.1, -0.05) is 30.3 Å². The van der Waals surface area contributed by atoms with E-state index in [9.17, 15) is 4.79 Å². The Balaban J connectivity index is 2.48. The van der Waals surface area contributed by atoms with Crippen molar-refractivity contribution in [3.8, 4) is 10.4 Å². The number of benzene rings is 1. The molecule has 0 saturated carbocycles. The maximum atomic E-state index is 10.7. The molecule has 0 aliphatic heterocycles. The zero-order valence-corrected chi connectivity index (χ0v) is 8.67. The van der Waals surface area contributed by atoms with Crippen LogP contribution in [0.5, 0.6) is 0 Å². The SMILES string of the molecule is Cc1cc(-c2ccccc2)sc1C=O. The van der Waals surface area contributed by atoms with E-state index in [0.29, 0.717) is 0 Å². The van der Waals surface area contributed by atoms with Crippen LogP contribution < -0.4 is 0 Å². The van der Waals surface area contributed by atoms with Crippen molar-refractivity contribution >= 4 is 17.6 Å². The normalized spacial score (nSPS) is 10.1. The second-order valence-corrected chi connectivity index (χ2v) is 4.23. The summed E-state index contributed by atoms with van der Waals surface area (Å²) in [7, 11) is 0. The average molecular weight is 202 g/mol. The predicted octanol–water partition coefficient (Wildman–Crippen LogP) is 3.54. The Morgan fingerprint density at radius 2 is 1.93 bits per heavy atom. The molecule has 0 spiro atoms. The largest absolute Gasteiger partial charge is 0.297 e. The molecule has 2 rings (SSSR count). The van der Waals surface area contributed by atoms with Crippen LogP contribution >= 0.6 is 11.3 Å². The molecule has 1 nitrogen and oxygen atoms in total. The highest BCUT2D eigenvalue weighted by atomic mass is 32.1. The van der Waals surface area contributed by atoms with E-state index < -0.39 is 0 Å². The third-order valence-corrected chi connectivity index (χ3v) is 3.33. The molecule has 0 atom stereocenters. The molecule has 14 heavy (non-hydrogen) atoms. The quantitative estimate of drug-likeness (QED) is 0.681. The molecule has 0 unspecified atom stereocenters. The molecule has 0 fully saturated rings. The highest BCUT2D eigenvalue weighted by Crippen LogP contribution is 2.29. The molecule has 0 N–H and O–H groups in total. The Morgan fingerprint density at radius 1 is 1.21 bits per heavy atom. The first-order chi connectivity index (χ1) is 6.81. The lowest BCUT2D eigenvalue weighted by molar-refractivity contribution is 0.112. The summed E-state index contributed by atoms with van der Waals surface area (Å²) in [6.45, 7) is 1.96. The summed E-state index contributed by atoms with van der Waals surface area (Å²) >= 11 is 1.54. The van der Waals surface area contributed by atoms with Crippen LogP contribution in [0.15, 0.2) is 36.4 Å². The van der Waals surface area contributed by atoms with Gasteiger partial charge >= 0.3 is 0 Å². The van der Waals surface area contributed by atoms with Crippen molar-refractivity contribution in [2.75, 3.05) is 0 Å². The van der Waals surface area contributed by atoms with Crippen molar-refractivity contribution in [1.82, 2.24) is 0 Å². The molecule has 0 saturated heterocycles. The Bertz CT molecular complexity index is 443. The standard InChI is InChI=1S/C12H10OS/c1-9-7-11(14-12(9)8-13)10-5-3-2-4-6-10/h2-8H,1H3. The van der Waals surface area contributed by atoms with Crippen molar-refractivity contribution in [2.45, 2.75) is 6.92 Å². The first-order valence-electron chi connectivity index (χ1n) is 4.42. The van der Waals surface area contributed by atoms with Crippen molar-refractivity contribution < 1.29 is 4.79 Å². The minimum absolute atomic E-state index is 0.823. The van der Waals surface area contributed by atoms with Gasteiger partial charge in [-0.2, -0.15) is 0 Å². The van der Waals surface area contributed by atoms with Gasteiger partial charge in [0.2, 0.25) is 0 Å². The molecule has 1 aromatic heterocycles. The van der Waals surface area contributed by atoms with Crippen LogP contribution in [0.3, 0.4) is 0 Å². The maximum Gasteiger partial charge on any atom is 0.160 e. The molecule has 1 aromatic carbocycles. The molecule has 0 radical (unpaired) electrons. The number of aryl methyl sites for hydroxylation is 1. The Morgan fingerprint density at radius 3 is 2.50 bits per heavy atom. The van der Waals surface area contributed by atoms with E-state index in [4.69, 9.17) is 0 Å². The summed E-state index contributed by atoms with van der Waals surface area (Å²) in [6.07, 6.45) is 0.923. The molecular formula is C12H10OS. The molecule has 2 heteroatoms. The van der Waals surface area contributed by atoms with Gasteiger partial charge in [-0.15, -0.1) is 11.3 Å². The highest BCUT2D eigenvalue weighted by molar-refractivity contribution is 7.17. The molecule has 1 heterocycles. The molecule has 0 aliphatic carbocycles. The minimum atomic E-state index is 0.823. The molecule has 0 amide bonds. The fraction of sp³-hybridized carbons (Fsp3) is 0.0833. The lowest BCUT2D eigenvalue weighted by atomic mass is 10.1. The monoisotopic (exact) mass is 202 g/mol. The smallest absolute Gasteiger partial charge is 0.160 e. The van der Waals surface area contributed by atoms with Crippen LogP contribution in [0.1, 0.15) is 15.2 Å². The number of carbonyl (C=O) groups excluding carboxylic acids is 1. The predicted molar refractivity (Wildman–Crippen MR) is 59.9 cm³/mol. The van der Waals surface area contributed by atoms with E-state index in [0.717, 1.165) is 21.6 Å². The number of hydrogen-bond acceptors (Lipinski definition) is 2. The van der Waals surface area contributed by atoms with Gasteiger partial charge < -0.3 is 0 Å². The van der Waals surface area contributed by atoms with Crippen LogP contribution in [0, 0.1) is 6.92 Å². The molecule has 0 bridgehead atoms. The Labute approximate surface area is 87.0 Å². The third kappa shape index (κ3) is 1.61. The number of aldehydes is 1. The minimum Gasteiger partial charge on any atom is -0.297 e. The topological polar surface area (TPSA) is 17.1 Å². The summed E-state index contributed by atoms with van der Waals surface area (Å²) in [5, 5.41) is 0. The second-order valence-electron chi connectivity index (χ2n) is 3.14. The number of thiophene rings is 1. The van der Waals surface area contributed by atoms with Crippen molar-refractivity contribution in [3.05, 3.63) is 46.8 Å². The summed E-state index contributed by atoms with van der Waals surface area (Å²) in [5.41, 5.74) is 2.23. The summed E-state index contributed by atoms with van der Waals surface area (Å²) in [6, 6.07) is 12.2. The zero-order valence-electron chi connectivity index (χ0n) is 7.86.